The molecule has 0 spiro atoms. The van der Waals surface area contributed by atoms with Gasteiger partial charge in [0.05, 0.1) is 6.04 Å². The minimum absolute atomic E-state index is 0.0401. The first-order valence-corrected chi connectivity index (χ1v) is 6.18. The molecule has 0 unspecified atom stereocenters. The molecule has 96 valence electrons. The summed E-state index contributed by atoms with van der Waals surface area (Å²) in [6.45, 7) is 0.623. The molecule has 0 radical (unpaired) electrons. The smallest absolute Gasteiger partial charge is 0.315 e. The van der Waals surface area contributed by atoms with Gasteiger partial charge in [-0.05, 0) is 29.8 Å². The molecule has 1 atom stereocenters. The second-order valence-electron chi connectivity index (χ2n) is 4.39. The average molecular weight is 254 g/mol. The summed E-state index contributed by atoms with van der Waals surface area (Å²) in [7, 11) is 0. The van der Waals surface area contributed by atoms with Crippen LogP contribution < -0.4 is 15.4 Å². The van der Waals surface area contributed by atoms with Gasteiger partial charge in [-0.3, -0.25) is 0 Å². The normalized spacial score (nSPS) is 17.7. The van der Waals surface area contributed by atoms with Crippen molar-refractivity contribution in [3.8, 4) is 11.5 Å². The van der Waals surface area contributed by atoms with Crippen LogP contribution in [0, 0.1) is 0 Å². The average Bonchev–Trinajstić information content (AvgIpc) is 2.87. The van der Waals surface area contributed by atoms with Crippen molar-refractivity contribution < 1.29 is 9.53 Å². The molecular formula is C15H14N2O2. The molecular weight excluding hydrogens is 240 g/mol. The minimum atomic E-state index is -0.116. The lowest BCUT2D eigenvalue weighted by Crippen LogP contribution is -2.21. The molecule has 0 bridgehead atoms. The van der Waals surface area contributed by atoms with Crippen molar-refractivity contribution in [2.45, 2.75) is 6.04 Å². The molecule has 1 aliphatic rings. The standard InChI is InChI=1S/C15H14N2O2/c18-15-16-10-14(17-15)11-6-8-13(9-7-11)19-12-4-2-1-3-5-12/h1-9,14H,10H2,(H2,16,17,18)/t14-/m1/s1. The van der Waals surface area contributed by atoms with Crippen molar-refractivity contribution >= 4 is 6.03 Å². The van der Waals surface area contributed by atoms with E-state index in [4.69, 9.17) is 4.74 Å². The minimum Gasteiger partial charge on any atom is -0.457 e. The van der Waals surface area contributed by atoms with Gasteiger partial charge in [0, 0.05) is 6.54 Å². The summed E-state index contributed by atoms with van der Waals surface area (Å²) in [5.41, 5.74) is 1.07. The molecule has 1 aliphatic heterocycles. The number of carbonyl (C=O) groups excluding carboxylic acids is 1. The van der Waals surface area contributed by atoms with Gasteiger partial charge in [0.1, 0.15) is 11.5 Å². The SMILES string of the molecule is O=C1NC[C@H](c2ccc(Oc3ccccc3)cc2)N1. The maximum atomic E-state index is 11.1. The van der Waals surface area contributed by atoms with Gasteiger partial charge in [-0.15, -0.1) is 0 Å². The van der Waals surface area contributed by atoms with Crippen LogP contribution in [0.2, 0.25) is 0 Å². The summed E-state index contributed by atoms with van der Waals surface area (Å²) in [5.74, 6) is 1.60. The predicted octanol–water partition coefficient (Wildman–Crippen LogP) is 2.83. The van der Waals surface area contributed by atoms with Crippen LogP contribution in [-0.4, -0.2) is 12.6 Å². The Morgan fingerprint density at radius 2 is 1.63 bits per heavy atom. The van der Waals surface area contributed by atoms with Gasteiger partial charge >= 0.3 is 6.03 Å². The molecule has 0 aliphatic carbocycles. The molecule has 3 rings (SSSR count). The lowest BCUT2D eigenvalue weighted by Gasteiger charge is -2.10. The second kappa shape index (κ2) is 5.02. The fraction of sp³-hybridized carbons (Fsp3) is 0.133. The molecule has 2 amide bonds. The fourth-order valence-corrected chi connectivity index (χ4v) is 2.05. The van der Waals surface area contributed by atoms with Crippen LogP contribution in [0.15, 0.2) is 54.6 Å². The molecule has 2 aromatic carbocycles. The van der Waals surface area contributed by atoms with E-state index < -0.39 is 0 Å². The van der Waals surface area contributed by atoms with E-state index in [0.717, 1.165) is 17.1 Å². The van der Waals surface area contributed by atoms with Crippen LogP contribution in [0.3, 0.4) is 0 Å². The Hall–Kier alpha value is -2.49. The first-order valence-electron chi connectivity index (χ1n) is 6.18. The summed E-state index contributed by atoms with van der Waals surface area (Å²) in [4.78, 5) is 11.1. The number of ether oxygens (including phenoxy) is 1. The molecule has 1 heterocycles. The molecule has 1 fully saturated rings. The third-order valence-corrected chi connectivity index (χ3v) is 3.03. The number of carbonyl (C=O) groups is 1. The number of benzene rings is 2. The maximum absolute atomic E-state index is 11.1. The van der Waals surface area contributed by atoms with Crippen molar-refractivity contribution in [2.24, 2.45) is 0 Å². The van der Waals surface area contributed by atoms with E-state index in [1.165, 1.54) is 0 Å². The Morgan fingerprint density at radius 3 is 2.26 bits per heavy atom. The monoisotopic (exact) mass is 254 g/mol. The molecule has 2 aromatic rings. The van der Waals surface area contributed by atoms with Crippen molar-refractivity contribution in [3.05, 3.63) is 60.2 Å². The van der Waals surface area contributed by atoms with Crippen molar-refractivity contribution in [1.82, 2.24) is 10.6 Å². The molecule has 19 heavy (non-hydrogen) atoms. The number of urea groups is 1. The number of nitrogens with one attached hydrogen (secondary N) is 2. The fourth-order valence-electron chi connectivity index (χ4n) is 2.05. The molecule has 4 heteroatoms. The van der Waals surface area contributed by atoms with E-state index in [2.05, 4.69) is 10.6 Å². The molecule has 0 aromatic heterocycles. The van der Waals surface area contributed by atoms with Gasteiger partial charge in [-0.25, -0.2) is 4.79 Å². The summed E-state index contributed by atoms with van der Waals surface area (Å²) in [6.07, 6.45) is 0. The van der Waals surface area contributed by atoms with Crippen LogP contribution in [0.25, 0.3) is 0 Å². The third-order valence-electron chi connectivity index (χ3n) is 3.03. The van der Waals surface area contributed by atoms with E-state index in [9.17, 15) is 4.79 Å². The lowest BCUT2D eigenvalue weighted by atomic mass is 10.1. The molecule has 2 N–H and O–H groups in total. The highest BCUT2D eigenvalue weighted by Gasteiger charge is 2.21. The Bertz CT molecular complexity index is 566. The second-order valence-corrected chi connectivity index (χ2v) is 4.39. The summed E-state index contributed by atoms with van der Waals surface area (Å²) >= 11 is 0. The van der Waals surface area contributed by atoms with Crippen molar-refractivity contribution in [3.63, 3.8) is 0 Å². The lowest BCUT2D eigenvalue weighted by molar-refractivity contribution is 0.247. The predicted molar refractivity (Wildman–Crippen MR) is 72.2 cm³/mol. The van der Waals surface area contributed by atoms with E-state index in [-0.39, 0.29) is 12.1 Å². The van der Waals surface area contributed by atoms with E-state index >= 15 is 0 Å². The zero-order valence-electron chi connectivity index (χ0n) is 10.3. The number of para-hydroxylation sites is 1. The van der Waals surface area contributed by atoms with Gasteiger partial charge in [-0.2, -0.15) is 0 Å². The first kappa shape index (κ1) is 11.6. The van der Waals surface area contributed by atoms with Gasteiger partial charge in [0.2, 0.25) is 0 Å². The zero-order chi connectivity index (χ0) is 13.1. The highest BCUT2D eigenvalue weighted by Crippen LogP contribution is 2.23. The van der Waals surface area contributed by atoms with Crippen LogP contribution >= 0.6 is 0 Å². The van der Waals surface area contributed by atoms with Gasteiger partial charge in [0.25, 0.3) is 0 Å². The Balaban J connectivity index is 1.71. The Kier molecular flexibility index (Phi) is 3.06. The highest BCUT2D eigenvalue weighted by molar-refractivity contribution is 5.76. The molecule has 0 saturated carbocycles. The van der Waals surface area contributed by atoms with Crippen molar-refractivity contribution in [1.29, 1.82) is 0 Å². The largest absolute Gasteiger partial charge is 0.457 e. The van der Waals surface area contributed by atoms with E-state index in [1.807, 2.05) is 54.6 Å². The third kappa shape index (κ3) is 2.68. The quantitative estimate of drug-likeness (QED) is 0.884. The maximum Gasteiger partial charge on any atom is 0.315 e. The molecule has 4 nitrogen and oxygen atoms in total. The topological polar surface area (TPSA) is 50.4 Å². The van der Waals surface area contributed by atoms with Gasteiger partial charge in [-0.1, -0.05) is 30.3 Å². The van der Waals surface area contributed by atoms with Crippen LogP contribution in [0.1, 0.15) is 11.6 Å². The number of rotatable bonds is 3. The van der Waals surface area contributed by atoms with Gasteiger partial charge in [0.15, 0.2) is 0 Å². The van der Waals surface area contributed by atoms with Gasteiger partial charge < -0.3 is 15.4 Å². The number of hydrogen-bond acceptors (Lipinski definition) is 2. The first-order chi connectivity index (χ1) is 9.31. The summed E-state index contributed by atoms with van der Waals surface area (Å²) < 4.78 is 5.71. The number of hydrogen-bond donors (Lipinski definition) is 2. The van der Waals surface area contributed by atoms with Crippen LogP contribution in [-0.2, 0) is 0 Å². The van der Waals surface area contributed by atoms with Crippen molar-refractivity contribution in [2.75, 3.05) is 6.54 Å². The summed E-state index contributed by atoms with van der Waals surface area (Å²) in [5, 5.41) is 5.59. The van der Waals surface area contributed by atoms with Crippen LogP contribution in [0.4, 0.5) is 4.79 Å². The van der Waals surface area contributed by atoms with Crippen LogP contribution in [0.5, 0.6) is 11.5 Å². The Morgan fingerprint density at radius 1 is 0.947 bits per heavy atom. The number of amides is 2. The summed E-state index contributed by atoms with van der Waals surface area (Å²) in [6, 6.07) is 17.3. The Labute approximate surface area is 111 Å². The zero-order valence-corrected chi connectivity index (χ0v) is 10.3. The highest BCUT2D eigenvalue weighted by atomic mass is 16.5. The van der Waals surface area contributed by atoms with E-state index in [0.29, 0.717) is 6.54 Å². The van der Waals surface area contributed by atoms with E-state index in [1.54, 1.807) is 0 Å². The molecule has 1 saturated heterocycles.